The van der Waals surface area contributed by atoms with Gasteiger partial charge >= 0.3 is 5.97 Å². The smallest absolute Gasteiger partial charge is 0.325 e. The van der Waals surface area contributed by atoms with E-state index in [-0.39, 0.29) is 5.97 Å². The number of nitrogens with zero attached hydrogens (tertiary/aromatic N) is 1. The summed E-state index contributed by atoms with van der Waals surface area (Å²) in [4.78, 5) is 13.9. The van der Waals surface area contributed by atoms with E-state index in [2.05, 4.69) is 24.2 Å². The fourth-order valence-corrected chi connectivity index (χ4v) is 1.71. The topological polar surface area (TPSA) is 41.6 Å². The van der Waals surface area contributed by atoms with E-state index in [0.29, 0.717) is 0 Å². The maximum absolute atomic E-state index is 11.6. The number of nitrogens with one attached hydrogen (secondary N) is 1. The molecule has 0 saturated carbocycles. The first-order valence-electron chi connectivity index (χ1n) is 6.46. The Morgan fingerprint density at radius 3 is 2.47 bits per heavy atom. The molecule has 1 unspecified atom stereocenters. The number of likely N-dealkylation sites (N-methyl/N-ethyl adjacent to an activating group) is 1. The number of hydrogen-bond acceptors (Lipinski definition) is 4. The molecule has 4 heteroatoms. The third-order valence-corrected chi connectivity index (χ3v) is 3.32. The Morgan fingerprint density at radius 2 is 2.00 bits per heavy atom. The predicted molar refractivity (Wildman–Crippen MR) is 71.1 cm³/mol. The van der Waals surface area contributed by atoms with Crippen molar-refractivity contribution < 1.29 is 9.53 Å². The molecule has 0 rings (SSSR count). The van der Waals surface area contributed by atoms with Gasteiger partial charge in [0.15, 0.2) is 0 Å². The van der Waals surface area contributed by atoms with Gasteiger partial charge in [0.1, 0.15) is 5.54 Å². The summed E-state index contributed by atoms with van der Waals surface area (Å²) in [5, 5.41) is 3.05. The van der Waals surface area contributed by atoms with Crippen molar-refractivity contribution in [2.45, 2.75) is 45.1 Å². The van der Waals surface area contributed by atoms with Gasteiger partial charge in [-0.1, -0.05) is 19.8 Å². The lowest BCUT2D eigenvalue weighted by atomic mass is 9.98. The molecule has 17 heavy (non-hydrogen) atoms. The van der Waals surface area contributed by atoms with Crippen LogP contribution in [0.2, 0.25) is 0 Å². The van der Waals surface area contributed by atoms with Crippen molar-refractivity contribution in [1.82, 2.24) is 10.2 Å². The quantitative estimate of drug-likeness (QED) is 0.494. The van der Waals surface area contributed by atoms with E-state index in [1.54, 1.807) is 7.05 Å². The zero-order chi connectivity index (χ0) is 13.3. The maximum atomic E-state index is 11.6. The van der Waals surface area contributed by atoms with Crippen molar-refractivity contribution in [3.8, 4) is 0 Å². The summed E-state index contributed by atoms with van der Waals surface area (Å²) in [5.74, 6) is -0.193. The minimum atomic E-state index is -0.576. The average Bonchev–Trinajstić information content (AvgIpc) is 2.35. The zero-order valence-corrected chi connectivity index (χ0v) is 12.0. The van der Waals surface area contributed by atoms with E-state index < -0.39 is 5.54 Å². The van der Waals surface area contributed by atoms with Gasteiger partial charge in [-0.05, 0) is 40.4 Å². The van der Waals surface area contributed by atoms with E-state index in [0.717, 1.165) is 19.5 Å². The Kier molecular flexibility index (Phi) is 8.17. The van der Waals surface area contributed by atoms with Crippen LogP contribution in [-0.2, 0) is 9.53 Å². The van der Waals surface area contributed by atoms with Crippen molar-refractivity contribution >= 4 is 5.97 Å². The molecule has 102 valence electrons. The molecule has 0 aliphatic rings. The lowest BCUT2D eigenvalue weighted by Gasteiger charge is -2.28. The van der Waals surface area contributed by atoms with Crippen LogP contribution in [0, 0.1) is 0 Å². The van der Waals surface area contributed by atoms with Gasteiger partial charge in [-0.15, -0.1) is 0 Å². The van der Waals surface area contributed by atoms with Crippen molar-refractivity contribution in [1.29, 1.82) is 0 Å². The first kappa shape index (κ1) is 16.4. The van der Waals surface area contributed by atoms with Gasteiger partial charge < -0.3 is 15.0 Å². The maximum Gasteiger partial charge on any atom is 0.325 e. The summed E-state index contributed by atoms with van der Waals surface area (Å²) in [5.41, 5.74) is -0.576. The summed E-state index contributed by atoms with van der Waals surface area (Å²) in [6.45, 7) is 6.08. The van der Waals surface area contributed by atoms with E-state index >= 15 is 0 Å². The van der Waals surface area contributed by atoms with Crippen LogP contribution in [0.4, 0.5) is 0 Å². The van der Waals surface area contributed by atoms with Gasteiger partial charge in [-0.25, -0.2) is 0 Å². The van der Waals surface area contributed by atoms with Crippen LogP contribution >= 0.6 is 0 Å². The molecule has 0 aliphatic carbocycles. The fraction of sp³-hybridized carbons (Fsp3) is 0.923. The number of rotatable bonds is 9. The van der Waals surface area contributed by atoms with Gasteiger partial charge in [-0.3, -0.25) is 4.79 Å². The summed E-state index contributed by atoms with van der Waals surface area (Å²) < 4.78 is 4.82. The van der Waals surface area contributed by atoms with Crippen LogP contribution in [0.15, 0.2) is 0 Å². The second-order valence-electron chi connectivity index (χ2n) is 4.83. The first-order valence-corrected chi connectivity index (χ1v) is 6.46. The van der Waals surface area contributed by atoms with Gasteiger partial charge in [0.05, 0.1) is 7.11 Å². The van der Waals surface area contributed by atoms with E-state index in [4.69, 9.17) is 4.74 Å². The molecular formula is C13H28N2O2. The third-order valence-electron chi connectivity index (χ3n) is 3.32. The molecule has 1 N–H and O–H groups in total. The number of carbonyl (C=O) groups is 1. The molecule has 0 aliphatic heterocycles. The minimum Gasteiger partial charge on any atom is -0.468 e. The molecule has 0 amide bonds. The monoisotopic (exact) mass is 244 g/mol. The van der Waals surface area contributed by atoms with Crippen molar-refractivity contribution in [3.63, 3.8) is 0 Å². The SMILES string of the molecule is CCCCCN(C)CCC(C)(NC)C(=O)OC. The van der Waals surface area contributed by atoms with Crippen LogP contribution in [-0.4, -0.2) is 50.7 Å². The molecule has 0 radical (unpaired) electrons. The Hall–Kier alpha value is -0.610. The highest BCUT2D eigenvalue weighted by Gasteiger charge is 2.32. The van der Waals surface area contributed by atoms with Crippen molar-refractivity contribution in [2.24, 2.45) is 0 Å². The Morgan fingerprint density at radius 1 is 1.35 bits per heavy atom. The number of methoxy groups -OCH3 is 1. The van der Waals surface area contributed by atoms with E-state index in [1.807, 2.05) is 6.92 Å². The molecule has 0 aromatic heterocycles. The molecule has 0 aromatic carbocycles. The normalized spacial score (nSPS) is 14.7. The largest absolute Gasteiger partial charge is 0.468 e. The van der Waals surface area contributed by atoms with Gasteiger partial charge in [0, 0.05) is 6.54 Å². The summed E-state index contributed by atoms with van der Waals surface area (Å²) >= 11 is 0. The second-order valence-corrected chi connectivity index (χ2v) is 4.83. The highest BCUT2D eigenvalue weighted by Crippen LogP contribution is 2.12. The molecule has 0 bridgehead atoms. The van der Waals surface area contributed by atoms with Gasteiger partial charge in [0.2, 0.25) is 0 Å². The minimum absolute atomic E-state index is 0.193. The third kappa shape index (κ3) is 6.03. The molecule has 1 atom stereocenters. The highest BCUT2D eigenvalue weighted by atomic mass is 16.5. The van der Waals surface area contributed by atoms with Crippen molar-refractivity contribution in [2.75, 3.05) is 34.3 Å². The summed E-state index contributed by atoms with van der Waals surface area (Å²) in [7, 11) is 5.33. The number of carbonyl (C=O) groups excluding carboxylic acids is 1. The van der Waals surface area contributed by atoms with Gasteiger partial charge in [0.25, 0.3) is 0 Å². The predicted octanol–water partition coefficient (Wildman–Crippen LogP) is 1.65. The second kappa shape index (κ2) is 8.48. The molecule has 0 heterocycles. The molecule has 4 nitrogen and oxygen atoms in total. The van der Waals surface area contributed by atoms with Crippen LogP contribution in [0.25, 0.3) is 0 Å². The highest BCUT2D eigenvalue weighted by molar-refractivity contribution is 5.80. The van der Waals surface area contributed by atoms with Crippen molar-refractivity contribution in [3.05, 3.63) is 0 Å². The standard InChI is InChI=1S/C13H28N2O2/c1-6-7-8-10-15(4)11-9-13(2,14-3)12(16)17-5/h14H,6-11H2,1-5H3. The van der Waals surface area contributed by atoms with Crippen LogP contribution in [0.5, 0.6) is 0 Å². The molecule has 0 aromatic rings. The van der Waals surface area contributed by atoms with Crippen LogP contribution in [0.3, 0.4) is 0 Å². The first-order chi connectivity index (χ1) is 8.00. The number of hydrogen-bond donors (Lipinski definition) is 1. The molecule has 0 fully saturated rings. The van der Waals surface area contributed by atoms with Gasteiger partial charge in [-0.2, -0.15) is 0 Å². The molecule has 0 spiro atoms. The number of unbranched alkanes of at least 4 members (excludes halogenated alkanes) is 2. The Balaban J connectivity index is 4.01. The van der Waals surface area contributed by atoms with E-state index in [1.165, 1.54) is 26.4 Å². The molecule has 0 saturated heterocycles. The Labute approximate surface area is 106 Å². The van der Waals surface area contributed by atoms with E-state index in [9.17, 15) is 4.79 Å². The van der Waals surface area contributed by atoms with Crippen LogP contribution in [0.1, 0.15) is 39.5 Å². The average molecular weight is 244 g/mol. The lowest BCUT2D eigenvalue weighted by molar-refractivity contribution is -0.148. The lowest BCUT2D eigenvalue weighted by Crippen LogP contribution is -2.50. The fourth-order valence-electron chi connectivity index (χ4n) is 1.71. The number of esters is 1. The molecular weight excluding hydrogens is 216 g/mol. The van der Waals surface area contributed by atoms with Crippen LogP contribution < -0.4 is 5.32 Å². The summed E-state index contributed by atoms with van der Waals surface area (Å²) in [6.07, 6.45) is 4.50. The zero-order valence-electron chi connectivity index (χ0n) is 12.0. The number of ether oxygens (including phenoxy) is 1. The summed E-state index contributed by atoms with van der Waals surface area (Å²) in [6, 6.07) is 0. The Bertz CT molecular complexity index is 221.